The lowest BCUT2D eigenvalue weighted by Crippen LogP contribution is -2.46. The first-order valence-electron chi connectivity index (χ1n) is 25.7. The summed E-state index contributed by atoms with van der Waals surface area (Å²) in [5, 5.41) is 23.7. The number of hydrogen-bond acceptors (Lipinski definition) is 5. The molecule has 59 heavy (non-hydrogen) atoms. The Kier molecular flexibility index (Phi) is 45.6. The highest BCUT2D eigenvalue weighted by Crippen LogP contribution is 2.18. The Morgan fingerprint density at radius 2 is 0.915 bits per heavy atom. The first kappa shape index (κ1) is 57.1. The van der Waals surface area contributed by atoms with E-state index < -0.39 is 18.2 Å². The minimum atomic E-state index is -0.790. The molecule has 0 rings (SSSR count). The lowest BCUT2D eigenvalue weighted by atomic mass is 10.0. The van der Waals surface area contributed by atoms with Crippen molar-refractivity contribution in [3.8, 4) is 0 Å². The van der Waals surface area contributed by atoms with E-state index in [9.17, 15) is 19.8 Å². The van der Waals surface area contributed by atoms with Crippen molar-refractivity contribution < 1.29 is 24.5 Å². The van der Waals surface area contributed by atoms with Crippen molar-refractivity contribution in [1.29, 1.82) is 0 Å². The number of aliphatic hydroxyl groups excluding tert-OH is 2. The molecule has 0 saturated heterocycles. The number of esters is 1. The maximum Gasteiger partial charge on any atom is 0.306 e. The summed E-state index contributed by atoms with van der Waals surface area (Å²) in [4.78, 5) is 26.1. The average molecular weight is 830 g/mol. The van der Waals surface area contributed by atoms with Gasteiger partial charge in [-0.1, -0.05) is 243 Å². The molecule has 1 amide bonds. The Morgan fingerprint density at radius 1 is 0.508 bits per heavy atom. The maximum absolute atomic E-state index is 13.2. The Hall–Kier alpha value is -1.92. The molecule has 3 atom stereocenters. The second-order valence-electron chi connectivity index (χ2n) is 17.6. The molecule has 6 nitrogen and oxygen atoms in total. The Labute approximate surface area is 366 Å². The standard InChI is InChI=1S/C53H99NO5/c1-4-7-10-13-16-19-22-25-26-28-31-34-37-40-43-46-53(58)59-49(44-41-38-35-32-29-27-23-20-17-14-11-8-5-2)47-52(57)54-50(48-55)51(56)45-42-39-36-33-30-24-21-18-15-12-9-6-3/h8,11,14,17,20,23,49-51,55-56H,4-7,9-10,12-13,15-16,18-19,21-22,24-48H2,1-3H3,(H,54,57)/b11-8+,17-14+,23-20+. The normalized spacial score (nSPS) is 13.5. The van der Waals surface area contributed by atoms with Gasteiger partial charge in [-0.15, -0.1) is 0 Å². The highest BCUT2D eigenvalue weighted by Gasteiger charge is 2.24. The third kappa shape index (κ3) is 42.6. The smallest absolute Gasteiger partial charge is 0.306 e. The number of carbonyl (C=O) groups is 2. The van der Waals surface area contributed by atoms with Crippen molar-refractivity contribution >= 4 is 11.9 Å². The molecule has 0 aromatic rings. The van der Waals surface area contributed by atoms with E-state index >= 15 is 0 Å². The van der Waals surface area contributed by atoms with Crippen molar-refractivity contribution in [2.45, 2.75) is 283 Å². The fraction of sp³-hybridized carbons (Fsp3) is 0.849. The third-order valence-electron chi connectivity index (χ3n) is 11.8. The van der Waals surface area contributed by atoms with Crippen LogP contribution in [0.15, 0.2) is 36.5 Å². The predicted molar refractivity (Wildman–Crippen MR) is 255 cm³/mol. The topological polar surface area (TPSA) is 95.9 Å². The zero-order chi connectivity index (χ0) is 43.1. The highest BCUT2D eigenvalue weighted by molar-refractivity contribution is 5.77. The van der Waals surface area contributed by atoms with Crippen molar-refractivity contribution in [2.24, 2.45) is 0 Å². The minimum Gasteiger partial charge on any atom is -0.462 e. The van der Waals surface area contributed by atoms with E-state index in [2.05, 4.69) is 62.5 Å². The zero-order valence-corrected chi connectivity index (χ0v) is 39.4. The predicted octanol–water partition coefficient (Wildman–Crippen LogP) is 15.3. The fourth-order valence-corrected chi connectivity index (χ4v) is 7.90. The molecular weight excluding hydrogens is 731 g/mol. The summed E-state index contributed by atoms with van der Waals surface area (Å²) in [6.45, 7) is 6.36. The SMILES string of the molecule is CC/C=C/C=C/C=C/CCCCCCCC(CC(=O)NC(CO)C(O)CCCCCCCCCCCCCC)OC(=O)CCCCCCCCCCCCCCCCC. The van der Waals surface area contributed by atoms with Gasteiger partial charge in [0.05, 0.1) is 25.2 Å². The number of amides is 1. The highest BCUT2D eigenvalue weighted by atomic mass is 16.5. The van der Waals surface area contributed by atoms with E-state index in [0.29, 0.717) is 19.3 Å². The number of unbranched alkanes of at least 4 members (excludes halogenated alkanes) is 30. The number of nitrogens with one attached hydrogen (secondary N) is 1. The molecule has 3 N–H and O–H groups in total. The average Bonchev–Trinajstić information content (AvgIpc) is 3.23. The minimum absolute atomic E-state index is 0.0676. The summed E-state index contributed by atoms with van der Waals surface area (Å²) < 4.78 is 5.93. The molecule has 0 bridgehead atoms. The quantitative estimate of drug-likeness (QED) is 0.0323. The molecule has 0 aliphatic heterocycles. The van der Waals surface area contributed by atoms with Crippen LogP contribution in [-0.2, 0) is 14.3 Å². The van der Waals surface area contributed by atoms with Crippen molar-refractivity contribution in [3.63, 3.8) is 0 Å². The fourth-order valence-electron chi connectivity index (χ4n) is 7.90. The van der Waals surface area contributed by atoms with E-state index in [1.807, 2.05) is 0 Å². The molecule has 6 heteroatoms. The van der Waals surface area contributed by atoms with Crippen LogP contribution in [0.3, 0.4) is 0 Å². The van der Waals surface area contributed by atoms with Crippen LogP contribution in [0.2, 0.25) is 0 Å². The van der Waals surface area contributed by atoms with Gasteiger partial charge >= 0.3 is 5.97 Å². The summed E-state index contributed by atoms with van der Waals surface area (Å²) in [5.41, 5.74) is 0. The summed E-state index contributed by atoms with van der Waals surface area (Å²) in [5.74, 6) is -0.483. The molecular formula is C53H99NO5. The number of hydrogen-bond donors (Lipinski definition) is 3. The number of rotatable bonds is 46. The second kappa shape index (κ2) is 47.1. The molecule has 0 saturated carbocycles. The van der Waals surface area contributed by atoms with Gasteiger partial charge in [-0.25, -0.2) is 0 Å². The number of allylic oxidation sites excluding steroid dienone is 6. The van der Waals surface area contributed by atoms with Gasteiger partial charge in [0.1, 0.15) is 6.10 Å². The first-order valence-corrected chi connectivity index (χ1v) is 25.7. The summed E-state index contributed by atoms with van der Waals surface area (Å²) in [6, 6.07) is -0.704. The monoisotopic (exact) mass is 830 g/mol. The van der Waals surface area contributed by atoms with E-state index in [1.165, 1.54) is 135 Å². The van der Waals surface area contributed by atoms with Gasteiger partial charge in [0.2, 0.25) is 5.91 Å². The Bertz CT molecular complexity index is 977. The van der Waals surface area contributed by atoms with Gasteiger partial charge in [-0.3, -0.25) is 9.59 Å². The molecule has 0 radical (unpaired) electrons. The molecule has 0 aromatic heterocycles. The largest absolute Gasteiger partial charge is 0.462 e. The molecule has 346 valence electrons. The van der Waals surface area contributed by atoms with Gasteiger partial charge in [0, 0.05) is 6.42 Å². The molecule has 0 fully saturated rings. The number of aliphatic hydroxyl groups is 2. The summed E-state index contributed by atoms with van der Waals surface area (Å²) in [6.07, 6.45) is 54.9. The molecule has 0 spiro atoms. The molecule has 0 aromatic carbocycles. The maximum atomic E-state index is 13.2. The molecule has 0 aliphatic rings. The van der Waals surface area contributed by atoms with Crippen LogP contribution in [0.5, 0.6) is 0 Å². The molecule has 0 aliphatic carbocycles. The van der Waals surface area contributed by atoms with Gasteiger partial charge in [-0.2, -0.15) is 0 Å². The van der Waals surface area contributed by atoms with Crippen LogP contribution >= 0.6 is 0 Å². The van der Waals surface area contributed by atoms with E-state index in [0.717, 1.165) is 83.5 Å². The Balaban J connectivity index is 4.57. The Morgan fingerprint density at radius 3 is 1.37 bits per heavy atom. The zero-order valence-electron chi connectivity index (χ0n) is 39.4. The van der Waals surface area contributed by atoms with Gasteiger partial charge in [-0.05, 0) is 44.9 Å². The van der Waals surface area contributed by atoms with E-state index in [4.69, 9.17) is 4.74 Å². The number of carbonyl (C=O) groups excluding carboxylic acids is 2. The van der Waals surface area contributed by atoms with E-state index in [1.54, 1.807) is 0 Å². The second-order valence-corrected chi connectivity index (χ2v) is 17.6. The van der Waals surface area contributed by atoms with Crippen molar-refractivity contribution in [3.05, 3.63) is 36.5 Å². The summed E-state index contributed by atoms with van der Waals surface area (Å²) in [7, 11) is 0. The summed E-state index contributed by atoms with van der Waals surface area (Å²) >= 11 is 0. The van der Waals surface area contributed by atoms with Crippen LogP contribution in [-0.4, -0.2) is 46.9 Å². The van der Waals surface area contributed by atoms with Crippen LogP contribution in [0.25, 0.3) is 0 Å². The lowest BCUT2D eigenvalue weighted by Gasteiger charge is -2.24. The van der Waals surface area contributed by atoms with Crippen LogP contribution in [0.1, 0.15) is 265 Å². The van der Waals surface area contributed by atoms with Crippen molar-refractivity contribution in [1.82, 2.24) is 5.32 Å². The molecule has 3 unspecified atom stereocenters. The van der Waals surface area contributed by atoms with E-state index in [-0.39, 0.29) is 24.9 Å². The van der Waals surface area contributed by atoms with Crippen LogP contribution in [0, 0.1) is 0 Å². The van der Waals surface area contributed by atoms with Crippen molar-refractivity contribution in [2.75, 3.05) is 6.61 Å². The number of ether oxygens (including phenoxy) is 1. The van der Waals surface area contributed by atoms with Crippen LogP contribution in [0.4, 0.5) is 0 Å². The van der Waals surface area contributed by atoms with Crippen LogP contribution < -0.4 is 5.32 Å². The van der Waals surface area contributed by atoms with Gasteiger partial charge < -0.3 is 20.3 Å². The third-order valence-corrected chi connectivity index (χ3v) is 11.8. The van der Waals surface area contributed by atoms with Gasteiger partial charge in [0.15, 0.2) is 0 Å². The first-order chi connectivity index (χ1) is 29.0. The lowest BCUT2D eigenvalue weighted by molar-refractivity contribution is -0.151. The molecule has 0 heterocycles. The van der Waals surface area contributed by atoms with Gasteiger partial charge in [0.25, 0.3) is 0 Å².